The predicted molar refractivity (Wildman–Crippen MR) is 54.5 cm³/mol. The minimum Gasteiger partial charge on any atom is -0.369 e. The lowest BCUT2D eigenvalue weighted by Crippen LogP contribution is -2.36. The van der Waals surface area contributed by atoms with Crippen molar-refractivity contribution in [2.24, 2.45) is 17.3 Å². The summed E-state index contributed by atoms with van der Waals surface area (Å²) in [6.07, 6.45) is 1.14. The van der Waals surface area contributed by atoms with E-state index in [9.17, 15) is 0 Å². The summed E-state index contributed by atoms with van der Waals surface area (Å²) in [5.41, 5.74) is 1.87. The van der Waals surface area contributed by atoms with Crippen LogP contribution in [0.15, 0.2) is 12.2 Å². The lowest BCUT2D eigenvalue weighted by molar-refractivity contribution is 0.0870. The standard InChI is InChI=1S/C12H20O/c1-8-6-11(4,10(3)9(8)2)12(5)7-13-12/h9-10H,1,6-7H2,2-5H3. The summed E-state index contributed by atoms with van der Waals surface area (Å²) >= 11 is 0. The molecule has 13 heavy (non-hydrogen) atoms. The van der Waals surface area contributed by atoms with Crippen LogP contribution in [0.1, 0.15) is 34.1 Å². The maximum absolute atomic E-state index is 5.61. The summed E-state index contributed by atoms with van der Waals surface area (Å²) in [5, 5.41) is 0. The second-order valence-corrected chi connectivity index (χ2v) is 5.35. The van der Waals surface area contributed by atoms with E-state index in [1.807, 2.05) is 0 Å². The van der Waals surface area contributed by atoms with Gasteiger partial charge in [0.1, 0.15) is 0 Å². The van der Waals surface area contributed by atoms with Crippen molar-refractivity contribution in [3.63, 3.8) is 0 Å². The Hall–Kier alpha value is -0.300. The Bertz CT molecular complexity index is 252. The van der Waals surface area contributed by atoms with Crippen LogP contribution in [-0.4, -0.2) is 12.2 Å². The van der Waals surface area contributed by atoms with Crippen LogP contribution in [0.3, 0.4) is 0 Å². The summed E-state index contributed by atoms with van der Waals surface area (Å²) in [7, 11) is 0. The van der Waals surface area contributed by atoms with Crippen molar-refractivity contribution >= 4 is 0 Å². The third kappa shape index (κ3) is 1.03. The molecular weight excluding hydrogens is 160 g/mol. The van der Waals surface area contributed by atoms with Gasteiger partial charge in [0, 0.05) is 5.41 Å². The van der Waals surface area contributed by atoms with Crippen LogP contribution in [0.4, 0.5) is 0 Å². The van der Waals surface area contributed by atoms with E-state index >= 15 is 0 Å². The fraction of sp³-hybridized carbons (Fsp3) is 0.833. The molecule has 2 aliphatic rings. The van der Waals surface area contributed by atoms with E-state index in [0.29, 0.717) is 17.3 Å². The van der Waals surface area contributed by atoms with Gasteiger partial charge in [-0.15, -0.1) is 0 Å². The molecular formula is C12H20O. The van der Waals surface area contributed by atoms with Gasteiger partial charge in [-0.2, -0.15) is 0 Å². The van der Waals surface area contributed by atoms with Gasteiger partial charge in [0.05, 0.1) is 12.2 Å². The van der Waals surface area contributed by atoms with Crippen molar-refractivity contribution in [2.45, 2.75) is 39.7 Å². The van der Waals surface area contributed by atoms with Crippen molar-refractivity contribution in [3.05, 3.63) is 12.2 Å². The van der Waals surface area contributed by atoms with E-state index in [2.05, 4.69) is 34.3 Å². The number of epoxide rings is 1. The van der Waals surface area contributed by atoms with Crippen LogP contribution >= 0.6 is 0 Å². The SMILES string of the molecule is C=C1CC(C)(C2(C)CO2)C(C)C1C. The first-order chi connectivity index (χ1) is 5.91. The first-order valence-electron chi connectivity index (χ1n) is 5.22. The van der Waals surface area contributed by atoms with Gasteiger partial charge in [0.2, 0.25) is 0 Å². The number of hydrogen-bond donors (Lipinski definition) is 0. The third-order valence-corrected chi connectivity index (χ3v) is 4.78. The van der Waals surface area contributed by atoms with Crippen molar-refractivity contribution in [2.75, 3.05) is 6.61 Å². The van der Waals surface area contributed by atoms with E-state index in [0.717, 1.165) is 13.0 Å². The molecule has 2 rings (SSSR count). The molecule has 0 amide bonds. The zero-order valence-corrected chi connectivity index (χ0v) is 9.18. The Morgan fingerprint density at radius 1 is 1.38 bits per heavy atom. The molecule has 1 saturated heterocycles. The van der Waals surface area contributed by atoms with Gasteiger partial charge in [-0.1, -0.05) is 32.9 Å². The Morgan fingerprint density at radius 2 is 1.92 bits per heavy atom. The lowest BCUT2D eigenvalue weighted by Gasteiger charge is -2.34. The zero-order chi connectivity index (χ0) is 9.85. The number of allylic oxidation sites excluding steroid dienone is 1. The molecule has 74 valence electrons. The summed E-state index contributed by atoms with van der Waals surface area (Å²) in [4.78, 5) is 0. The summed E-state index contributed by atoms with van der Waals surface area (Å²) < 4.78 is 5.61. The second kappa shape index (κ2) is 2.38. The number of rotatable bonds is 1. The van der Waals surface area contributed by atoms with Crippen LogP contribution in [0.2, 0.25) is 0 Å². The molecule has 0 radical (unpaired) electrons. The van der Waals surface area contributed by atoms with Crippen LogP contribution in [-0.2, 0) is 4.74 Å². The summed E-state index contributed by atoms with van der Waals surface area (Å²) in [6.45, 7) is 14.3. The fourth-order valence-corrected chi connectivity index (χ4v) is 2.81. The average Bonchev–Trinajstić information content (AvgIpc) is 2.77. The Morgan fingerprint density at radius 3 is 2.23 bits per heavy atom. The maximum Gasteiger partial charge on any atom is 0.0947 e. The predicted octanol–water partition coefficient (Wildman–Crippen LogP) is 3.01. The minimum atomic E-state index is 0.139. The van der Waals surface area contributed by atoms with Crippen molar-refractivity contribution in [1.82, 2.24) is 0 Å². The highest BCUT2D eigenvalue weighted by Crippen LogP contribution is 2.60. The van der Waals surface area contributed by atoms with Gasteiger partial charge in [-0.25, -0.2) is 0 Å². The Balaban J connectivity index is 2.29. The van der Waals surface area contributed by atoms with Gasteiger partial charge >= 0.3 is 0 Å². The fourth-order valence-electron chi connectivity index (χ4n) is 2.81. The minimum absolute atomic E-state index is 0.139. The van der Waals surface area contributed by atoms with Crippen molar-refractivity contribution in [3.8, 4) is 0 Å². The summed E-state index contributed by atoms with van der Waals surface area (Å²) in [5.74, 6) is 1.36. The molecule has 2 fully saturated rings. The highest BCUT2D eigenvalue weighted by Gasteiger charge is 2.61. The normalized spacial score (nSPS) is 55.5. The maximum atomic E-state index is 5.61. The Labute approximate surface area is 81.2 Å². The van der Waals surface area contributed by atoms with Gasteiger partial charge in [-0.05, 0) is 25.2 Å². The molecule has 1 aliphatic carbocycles. The highest BCUT2D eigenvalue weighted by atomic mass is 16.6. The molecule has 0 bridgehead atoms. The molecule has 0 spiro atoms. The largest absolute Gasteiger partial charge is 0.369 e. The number of ether oxygens (including phenoxy) is 1. The molecule has 1 heteroatoms. The number of hydrogen-bond acceptors (Lipinski definition) is 1. The summed E-state index contributed by atoms with van der Waals surface area (Å²) in [6, 6.07) is 0. The van der Waals surface area contributed by atoms with E-state index in [-0.39, 0.29) is 5.60 Å². The molecule has 4 atom stereocenters. The van der Waals surface area contributed by atoms with Gasteiger partial charge in [0.15, 0.2) is 0 Å². The third-order valence-electron chi connectivity index (χ3n) is 4.78. The Kier molecular flexibility index (Phi) is 1.70. The van der Waals surface area contributed by atoms with Gasteiger partial charge < -0.3 is 4.74 Å². The molecule has 1 saturated carbocycles. The zero-order valence-electron chi connectivity index (χ0n) is 9.18. The molecule has 0 aromatic rings. The monoisotopic (exact) mass is 180 g/mol. The van der Waals surface area contributed by atoms with Gasteiger partial charge in [0.25, 0.3) is 0 Å². The van der Waals surface area contributed by atoms with E-state index in [4.69, 9.17) is 4.74 Å². The molecule has 1 nitrogen and oxygen atoms in total. The molecule has 1 aliphatic heterocycles. The smallest absolute Gasteiger partial charge is 0.0947 e. The second-order valence-electron chi connectivity index (χ2n) is 5.35. The quantitative estimate of drug-likeness (QED) is 0.446. The van der Waals surface area contributed by atoms with E-state index in [1.54, 1.807) is 0 Å². The molecule has 0 N–H and O–H groups in total. The van der Waals surface area contributed by atoms with Crippen LogP contribution in [0.25, 0.3) is 0 Å². The molecule has 0 aromatic heterocycles. The van der Waals surface area contributed by atoms with E-state index < -0.39 is 0 Å². The lowest BCUT2D eigenvalue weighted by atomic mass is 9.70. The molecule has 1 heterocycles. The van der Waals surface area contributed by atoms with Crippen LogP contribution < -0.4 is 0 Å². The first-order valence-corrected chi connectivity index (χ1v) is 5.22. The van der Waals surface area contributed by atoms with Crippen molar-refractivity contribution < 1.29 is 4.74 Å². The topological polar surface area (TPSA) is 12.5 Å². The molecule has 0 aromatic carbocycles. The molecule has 4 unspecified atom stereocenters. The van der Waals surface area contributed by atoms with Crippen LogP contribution in [0.5, 0.6) is 0 Å². The van der Waals surface area contributed by atoms with Crippen molar-refractivity contribution in [1.29, 1.82) is 0 Å². The van der Waals surface area contributed by atoms with Crippen LogP contribution in [0, 0.1) is 17.3 Å². The van der Waals surface area contributed by atoms with Gasteiger partial charge in [-0.3, -0.25) is 0 Å². The highest BCUT2D eigenvalue weighted by molar-refractivity contribution is 5.21. The first kappa shape index (κ1) is 9.26. The average molecular weight is 180 g/mol. The van der Waals surface area contributed by atoms with E-state index in [1.165, 1.54) is 5.57 Å².